The van der Waals surface area contributed by atoms with Crippen LogP contribution in [0, 0.1) is 5.92 Å². The minimum absolute atomic E-state index is 0.695. The molecule has 0 aliphatic rings. The first kappa shape index (κ1) is 15.0. The summed E-state index contributed by atoms with van der Waals surface area (Å²) in [5.41, 5.74) is 0. The van der Waals surface area contributed by atoms with E-state index in [4.69, 9.17) is 0 Å². The number of hydrogen-bond donors (Lipinski definition) is 0. The zero-order chi connectivity index (χ0) is 11.7. The molecule has 0 radical (unpaired) electrons. The maximum atomic E-state index is 2.45. The highest BCUT2D eigenvalue weighted by Gasteiger charge is 2.07. The van der Waals surface area contributed by atoms with Crippen LogP contribution in [0.2, 0.25) is 0 Å². The maximum Gasteiger partial charge on any atom is 0.00355 e. The predicted molar refractivity (Wildman–Crippen MR) is 70.3 cm³/mol. The molecule has 0 saturated heterocycles. The average Bonchev–Trinajstić information content (AvgIpc) is 2.22. The number of rotatable bonds is 9. The molecular formula is C14H31N. The summed E-state index contributed by atoms with van der Waals surface area (Å²) in [6.07, 6.45) is 8.37. The van der Waals surface area contributed by atoms with Crippen LogP contribution in [-0.4, -0.2) is 24.5 Å². The molecule has 0 spiro atoms. The van der Waals surface area contributed by atoms with Gasteiger partial charge in [-0.3, -0.25) is 0 Å². The van der Waals surface area contributed by atoms with E-state index in [0.717, 1.165) is 5.92 Å². The second-order valence-electron chi connectivity index (χ2n) is 5.13. The van der Waals surface area contributed by atoms with Crippen molar-refractivity contribution in [2.24, 2.45) is 5.92 Å². The zero-order valence-electron chi connectivity index (χ0n) is 11.6. The van der Waals surface area contributed by atoms with Gasteiger partial charge < -0.3 is 4.90 Å². The van der Waals surface area contributed by atoms with Crippen molar-refractivity contribution in [2.45, 2.75) is 72.3 Å². The Labute approximate surface area is 97.2 Å². The molecule has 1 nitrogen and oxygen atoms in total. The van der Waals surface area contributed by atoms with Crippen molar-refractivity contribution in [3.63, 3.8) is 0 Å². The molecule has 0 rings (SSSR count). The lowest BCUT2D eigenvalue weighted by Gasteiger charge is -2.22. The van der Waals surface area contributed by atoms with Gasteiger partial charge in [0.25, 0.3) is 0 Å². The van der Waals surface area contributed by atoms with Crippen LogP contribution in [0.4, 0.5) is 0 Å². The molecule has 0 aromatic rings. The van der Waals surface area contributed by atoms with E-state index in [2.05, 4.69) is 39.6 Å². The van der Waals surface area contributed by atoms with Crippen LogP contribution in [0.1, 0.15) is 66.2 Å². The molecular weight excluding hydrogens is 182 g/mol. The minimum Gasteiger partial charge on any atom is -0.304 e. The van der Waals surface area contributed by atoms with Gasteiger partial charge in [-0.05, 0) is 46.2 Å². The van der Waals surface area contributed by atoms with E-state index >= 15 is 0 Å². The monoisotopic (exact) mass is 213 g/mol. The van der Waals surface area contributed by atoms with Crippen molar-refractivity contribution in [1.82, 2.24) is 4.90 Å². The van der Waals surface area contributed by atoms with Crippen molar-refractivity contribution in [3.8, 4) is 0 Å². The van der Waals surface area contributed by atoms with Crippen molar-refractivity contribution >= 4 is 0 Å². The van der Waals surface area contributed by atoms with Crippen LogP contribution in [0.25, 0.3) is 0 Å². The fourth-order valence-electron chi connectivity index (χ4n) is 1.93. The van der Waals surface area contributed by atoms with Crippen LogP contribution >= 0.6 is 0 Å². The Bertz CT molecular complexity index is 131. The van der Waals surface area contributed by atoms with Gasteiger partial charge in [-0.2, -0.15) is 0 Å². The maximum absolute atomic E-state index is 2.45. The molecule has 0 aromatic heterocycles. The molecule has 0 saturated carbocycles. The second kappa shape index (κ2) is 9.21. The summed E-state index contributed by atoms with van der Waals surface area (Å²) in [7, 11) is 2.23. The number of unbranched alkanes of at least 4 members (excludes halogenated alkanes) is 1. The van der Waals surface area contributed by atoms with Crippen LogP contribution in [0.15, 0.2) is 0 Å². The van der Waals surface area contributed by atoms with Crippen molar-refractivity contribution in [3.05, 3.63) is 0 Å². The number of nitrogens with zero attached hydrogens (tertiary/aromatic N) is 1. The van der Waals surface area contributed by atoms with E-state index in [1.165, 1.54) is 45.1 Å². The highest BCUT2D eigenvalue weighted by atomic mass is 15.1. The summed E-state index contributed by atoms with van der Waals surface area (Å²) in [6.45, 7) is 10.4. The highest BCUT2D eigenvalue weighted by molar-refractivity contribution is 4.61. The first-order valence-corrected chi connectivity index (χ1v) is 6.82. The third-order valence-corrected chi connectivity index (χ3v) is 3.55. The normalized spacial score (nSPS) is 13.8. The first-order valence-electron chi connectivity index (χ1n) is 6.82. The lowest BCUT2D eigenvalue weighted by Crippen LogP contribution is -2.27. The van der Waals surface area contributed by atoms with Gasteiger partial charge in [-0.25, -0.2) is 0 Å². The number of hydrogen-bond acceptors (Lipinski definition) is 1. The SMILES string of the molecule is CCCCC(CC)CCCN(C)C(C)C. The standard InChI is InChI=1S/C14H31N/c1-6-8-10-14(7-2)11-9-12-15(5)13(3)4/h13-14H,6-12H2,1-5H3. The zero-order valence-corrected chi connectivity index (χ0v) is 11.6. The Balaban J connectivity index is 3.53. The van der Waals surface area contributed by atoms with Gasteiger partial charge in [0, 0.05) is 6.04 Å². The van der Waals surface area contributed by atoms with Gasteiger partial charge >= 0.3 is 0 Å². The molecule has 0 bridgehead atoms. The van der Waals surface area contributed by atoms with E-state index in [1.54, 1.807) is 0 Å². The molecule has 0 amide bonds. The lowest BCUT2D eigenvalue weighted by atomic mass is 9.94. The van der Waals surface area contributed by atoms with Crippen LogP contribution in [-0.2, 0) is 0 Å². The van der Waals surface area contributed by atoms with E-state index in [9.17, 15) is 0 Å². The first-order chi connectivity index (χ1) is 7.11. The van der Waals surface area contributed by atoms with Gasteiger partial charge in [0.15, 0.2) is 0 Å². The molecule has 92 valence electrons. The van der Waals surface area contributed by atoms with Crippen molar-refractivity contribution in [1.29, 1.82) is 0 Å². The summed E-state index contributed by atoms with van der Waals surface area (Å²) in [5, 5.41) is 0. The fourth-order valence-corrected chi connectivity index (χ4v) is 1.93. The van der Waals surface area contributed by atoms with Gasteiger partial charge in [0.1, 0.15) is 0 Å². The van der Waals surface area contributed by atoms with Gasteiger partial charge in [0.2, 0.25) is 0 Å². The van der Waals surface area contributed by atoms with E-state index in [-0.39, 0.29) is 0 Å². The van der Waals surface area contributed by atoms with Gasteiger partial charge in [-0.15, -0.1) is 0 Å². The summed E-state index contributed by atoms with van der Waals surface area (Å²) in [4.78, 5) is 2.45. The smallest absolute Gasteiger partial charge is 0.00355 e. The van der Waals surface area contributed by atoms with Crippen molar-refractivity contribution < 1.29 is 0 Å². The Morgan fingerprint density at radius 3 is 2.07 bits per heavy atom. The highest BCUT2D eigenvalue weighted by Crippen LogP contribution is 2.18. The minimum atomic E-state index is 0.695. The summed E-state index contributed by atoms with van der Waals surface area (Å²) < 4.78 is 0. The van der Waals surface area contributed by atoms with E-state index < -0.39 is 0 Å². The van der Waals surface area contributed by atoms with E-state index in [0.29, 0.717) is 6.04 Å². The van der Waals surface area contributed by atoms with Crippen LogP contribution < -0.4 is 0 Å². The third kappa shape index (κ3) is 7.84. The van der Waals surface area contributed by atoms with Crippen LogP contribution in [0.5, 0.6) is 0 Å². The Morgan fingerprint density at radius 1 is 1.00 bits per heavy atom. The van der Waals surface area contributed by atoms with Gasteiger partial charge in [-0.1, -0.05) is 39.5 Å². The predicted octanol–water partition coefficient (Wildman–Crippen LogP) is 4.32. The summed E-state index contributed by atoms with van der Waals surface area (Å²) in [6, 6.07) is 0.695. The molecule has 15 heavy (non-hydrogen) atoms. The van der Waals surface area contributed by atoms with Crippen LogP contribution in [0.3, 0.4) is 0 Å². The lowest BCUT2D eigenvalue weighted by molar-refractivity contribution is 0.257. The molecule has 1 unspecified atom stereocenters. The molecule has 0 aliphatic carbocycles. The Kier molecular flexibility index (Phi) is 9.18. The van der Waals surface area contributed by atoms with Gasteiger partial charge in [0.05, 0.1) is 0 Å². The molecule has 0 N–H and O–H groups in total. The Hall–Kier alpha value is -0.0400. The summed E-state index contributed by atoms with van der Waals surface area (Å²) in [5.74, 6) is 0.977. The Morgan fingerprint density at radius 2 is 1.60 bits per heavy atom. The topological polar surface area (TPSA) is 3.24 Å². The fraction of sp³-hybridized carbons (Fsp3) is 1.00. The van der Waals surface area contributed by atoms with E-state index in [1.807, 2.05) is 0 Å². The summed E-state index contributed by atoms with van der Waals surface area (Å²) >= 11 is 0. The molecule has 0 heterocycles. The molecule has 1 heteroatoms. The molecule has 1 atom stereocenters. The molecule has 0 aliphatic heterocycles. The quantitative estimate of drug-likeness (QED) is 0.551. The second-order valence-corrected chi connectivity index (χ2v) is 5.13. The largest absolute Gasteiger partial charge is 0.304 e. The average molecular weight is 213 g/mol. The molecule has 0 aromatic carbocycles. The third-order valence-electron chi connectivity index (χ3n) is 3.55. The van der Waals surface area contributed by atoms with Crippen molar-refractivity contribution in [2.75, 3.05) is 13.6 Å². The molecule has 0 fully saturated rings.